The molecular weight excluding hydrogens is 725 g/mol. The molecule has 6 nitrogen and oxygen atoms in total. The zero-order valence-corrected chi connectivity index (χ0v) is 30.3. The summed E-state index contributed by atoms with van der Waals surface area (Å²) in [6.07, 6.45) is 0. The minimum Gasteiger partial charge on any atom is -0.418 e. The van der Waals surface area contributed by atoms with Crippen LogP contribution in [0.3, 0.4) is 0 Å². The van der Waals surface area contributed by atoms with Crippen LogP contribution < -0.4 is 9.80 Å². The Balaban J connectivity index is 0.995. The number of hydrogen-bond donors (Lipinski definition) is 0. The molecule has 0 aliphatic carbocycles. The molecule has 4 aromatic carbocycles. The summed E-state index contributed by atoms with van der Waals surface area (Å²) in [7, 11) is 0. The topological polar surface area (TPSA) is 59.1 Å². The van der Waals surface area contributed by atoms with Crippen molar-refractivity contribution in [1.29, 1.82) is 0 Å². The van der Waals surface area contributed by atoms with Crippen LogP contribution in [0.5, 0.6) is 0 Å². The van der Waals surface area contributed by atoms with Crippen LogP contribution in [0.25, 0.3) is 29.9 Å². The number of ether oxygens (including phenoxy) is 2. The summed E-state index contributed by atoms with van der Waals surface area (Å²) in [5.41, 5.74) is 4.81. The Labute approximate surface area is 314 Å². The van der Waals surface area contributed by atoms with Crippen molar-refractivity contribution < 1.29 is 19.1 Å². The third-order valence-corrected chi connectivity index (χ3v) is 13.4. The molecule has 0 spiro atoms. The molecule has 10 rings (SSSR count). The standard InChI is InChI=1S/C42H24N2O4S4/c45-41-37(33-21-29-31(49-33)23-35(51-29)43(25-13-5-1-6-14-25)26-15-7-2-8-16-26)39-40(48-41)38(42(46)47-39)34-22-30-32(50-34)24-36(52-30)44(27-17-9-3-10-18-27)28-19-11-4-12-20-28/h1-24H. The van der Waals surface area contributed by atoms with Crippen LogP contribution >= 0.6 is 45.3 Å². The molecule has 0 N–H and O–H groups in total. The molecule has 0 radical (unpaired) electrons. The SMILES string of the molecule is O=C1OC2=C(c3cc4sc(N(c5ccccc5)c5ccccc5)cc4s3)C(=O)OC2=C1c1cc2sc(N(c3ccccc3)c3ccccc3)cc2s1. The third-order valence-electron chi connectivity index (χ3n) is 8.84. The maximum absolute atomic E-state index is 13.4. The van der Waals surface area contributed by atoms with Crippen LogP contribution in [0.15, 0.2) is 157 Å². The first-order chi connectivity index (χ1) is 25.6. The molecule has 10 heteroatoms. The normalized spacial score (nSPS) is 14.0. The molecule has 0 atom stereocenters. The first kappa shape index (κ1) is 31.0. The Hall–Kier alpha value is -5.78. The highest BCUT2D eigenvalue weighted by atomic mass is 32.1. The number of anilines is 6. The van der Waals surface area contributed by atoms with Gasteiger partial charge in [0.2, 0.25) is 0 Å². The molecule has 250 valence electrons. The van der Waals surface area contributed by atoms with E-state index in [0.717, 1.165) is 51.6 Å². The highest BCUT2D eigenvalue weighted by molar-refractivity contribution is 7.31. The van der Waals surface area contributed by atoms with Gasteiger partial charge in [0.15, 0.2) is 11.5 Å². The fraction of sp³-hybridized carbons (Fsp3) is 0. The summed E-state index contributed by atoms with van der Waals surface area (Å²) in [5.74, 6) is -0.625. The Morgan fingerprint density at radius 3 is 1.00 bits per heavy atom. The number of para-hydroxylation sites is 4. The maximum atomic E-state index is 13.4. The lowest BCUT2D eigenvalue weighted by molar-refractivity contribution is -0.131. The van der Waals surface area contributed by atoms with E-state index < -0.39 is 11.9 Å². The van der Waals surface area contributed by atoms with Crippen molar-refractivity contribution in [3.63, 3.8) is 0 Å². The molecule has 0 fully saturated rings. The van der Waals surface area contributed by atoms with Crippen LogP contribution in [-0.4, -0.2) is 11.9 Å². The second-order valence-electron chi connectivity index (χ2n) is 12.0. The quantitative estimate of drug-likeness (QED) is 0.144. The van der Waals surface area contributed by atoms with E-state index in [-0.39, 0.29) is 11.5 Å². The van der Waals surface area contributed by atoms with Gasteiger partial charge in [-0.25, -0.2) is 9.59 Å². The largest absolute Gasteiger partial charge is 0.418 e. The number of benzene rings is 4. The molecular formula is C42H24N2O4S4. The van der Waals surface area contributed by atoms with Crippen molar-refractivity contribution in [2.45, 2.75) is 0 Å². The number of fused-ring (bicyclic) bond motifs is 3. The minimum atomic E-state index is -0.513. The lowest BCUT2D eigenvalue weighted by atomic mass is 10.1. The van der Waals surface area contributed by atoms with Crippen molar-refractivity contribution in [1.82, 2.24) is 0 Å². The van der Waals surface area contributed by atoms with E-state index >= 15 is 0 Å². The van der Waals surface area contributed by atoms with E-state index in [4.69, 9.17) is 9.47 Å². The van der Waals surface area contributed by atoms with Crippen molar-refractivity contribution in [3.8, 4) is 0 Å². The van der Waals surface area contributed by atoms with E-state index in [9.17, 15) is 9.59 Å². The molecule has 6 heterocycles. The van der Waals surface area contributed by atoms with E-state index in [0.29, 0.717) is 20.9 Å². The first-order valence-corrected chi connectivity index (χ1v) is 19.7. The average Bonchev–Trinajstić information content (AvgIpc) is 4.01. The van der Waals surface area contributed by atoms with Crippen molar-refractivity contribution in [3.05, 3.63) is 167 Å². The van der Waals surface area contributed by atoms with Gasteiger partial charge in [0.1, 0.15) is 21.1 Å². The Kier molecular flexibility index (Phi) is 7.43. The van der Waals surface area contributed by atoms with E-state index in [1.54, 1.807) is 22.7 Å². The molecule has 2 aliphatic rings. The number of hydrogen-bond acceptors (Lipinski definition) is 10. The van der Waals surface area contributed by atoms with Crippen LogP contribution in [0.4, 0.5) is 32.8 Å². The molecule has 0 saturated carbocycles. The van der Waals surface area contributed by atoms with Gasteiger partial charge in [-0.3, -0.25) is 0 Å². The second kappa shape index (κ2) is 12.5. The smallest absolute Gasteiger partial charge is 0.349 e. The van der Waals surface area contributed by atoms with E-state index in [2.05, 4.69) is 70.5 Å². The Morgan fingerprint density at radius 2 is 0.692 bits per heavy atom. The van der Waals surface area contributed by atoms with Gasteiger partial charge >= 0.3 is 11.9 Å². The fourth-order valence-electron chi connectivity index (χ4n) is 6.55. The fourth-order valence-corrected chi connectivity index (χ4v) is 11.5. The minimum absolute atomic E-state index is 0.200. The lowest BCUT2D eigenvalue weighted by Gasteiger charge is -2.23. The van der Waals surface area contributed by atoms with Crippen LogP contribution in [0.2, 0.25) is 0 Å². The summed E-state index contributed by atoms with van der Waals surface area (Å²) in [6, 6.07) is 49.3. The van der Waals surface area contributed by atoms with Crippen molar-refractivity contribution >= 4 is 120 Å². The zero-order chi connectivity index (χ0) is 34.8. The molecule has 4 aromatic heterocycles. The predicted molar refractivity (Wildman–Crippen MR) is 215 cm³/mol. The molecule has 2 aliphatic heterocycles. The number of thiophene rings is 4. The van der Waals surface area contributed by atoms with Crippen molar-refractivity contribution in [2.75, 3.05) is 9.80 Å². The zero-order valence-electron chi connectivity index (χ0n) is 27.0. The lowest BCUT2D eigenvalue weighted by Crippen LogP contribution is -2.07. The predicted octanol–water partition coefficient (Wildman–Crippen LogP) is 12.4. The average molecular weight is 749 g/mol. The van der Waals surface area contributed by atoms with Gasteiger partial charge in [-0.05, 0) is 72.8 Å². The number of carbonyl (C=O) groups is 2. The number of nitrogens with zero attached hydrogens (tertiary/aromatic N) is 2. The van der Waals surface area contributed by atoms with Crippen molar-refractivity contribution in [2.24, 2.45) is 0 Å². The molecule has 8 aromatic rings. The monoisotopic (exact) mass is 748 g/mol. The molecule has 52 heavy (non-hydrogen) atoms. The number of esters is 2. The number of carbonyl (C=O) groups excluding carboxylic acids is 2. The van der Waals surface area contributed by atoms with Gasteiger partial charge in [0.25, 0.3) is 0 Å². The maximum Gasteiger partial charge on any atom is 0.349 e. The van der Waals surface area contributed by atoms with Gasteiger partial charge in [-0.2, -0.15) is 0 Å². The highest BCUT2D eigenvalue weighted by Crippen LogP contribution is 2.51. The van der Waals surface area contributed by atoms with E-state index in [1.807, 2.05) is 84.9 Å². The summed E-state index contributed by atoms with van der Waals surface area (Å²) in [6.45, 7) is 0. The number of rotatable bonds is 8. The molecule has 0 bridgehead atoms. The third kappa shape index (κ3) is 5.18. The Bertz CT molecular complexity index is 2390. The van der Waals surface area contributed by atoms with Gasteiger partial charge in [0, 0.05) is 51.3 Å². The summed E-state index contributed by atoms with van der Waals surface area (Å²) >= 11 is 6.27. The van der Waals surface area contributed by atoms with Crippen LogP contribution in [0, 0.1) is 0 Å². The summed E-state index contributed by atoms with van der Waals surface area (Å²) in [4.78, 5) is 32.7. The highest BCUT2D eigenvalue weighted by Gasteiger charge is 2.45. The van der Waals surface area contributed by atoms with E-state index in [1.165, 1.54) is 22.7 Å². The van der Waals surface area contributed by atoms with Crippen LogP contribution in [0.1, 0.15) is 9.75 Å². The van der Waals surface area contributed by atoms with Gasteiger partial charge < -0.3 is 19.3 Å². The van der Waals surface area contributed by atoms with Gasteiger partial charge in [0.05, 0.1) is 0 Å². The first-order valence-electron chi connectivity index (χ1n) is 16.4. The second-order valence-corrected chi connectivity index (χ2v) is 16.3. The Morgan fingerprint density at radius 1 is 0.385 bits per heavy atom. The van der Waals surface area contributed by atoms with Gasteiger partial charge in [-0.1, -0.05) is 72.8 Å². The summed E-state index contributed by atoms with van der Waals surface area (Å²) in [5, 5.41) is 2.12. The molecule has 0 unspecified atom stereocenters. The van der Waals surface area contributed by atoms with Gasteiger partial charge in [-0.15, -0.1) is 45.3 Å². The molecule has 0 amide bonds. The summed E-state index contributed by atoms with van der Waals surface area (Å²) < 4.78 is 15.8. The van der Waals surface area contributed by atoms with Crippen LogP contribution in [-0.2, 0) is 19.1 Å². The molecule has 0 saturated heterocycles.